The molecule has 4 heteroatoms. The summed E-state index contributed by atoms with van der Waals surface area (Å²) in [5.41, 5.74) is 1.01. The van der Waals surface area contributed by atoms with Gasteiger partial charge in [0.2, 0.25) is 0 Å². The van der Waals surface area contributed by atoms with Gasteiger partial charge in [0.1, 0.15) is 0 Å². The molecule has 1 nitrogen and oxygen atoms in total. The van der Waals surface area contributed by atoms with Gasteiger partial charge in [-0.15, -0.1) is 11.8 Å². The minimum absolute atomic E-state index is 0.821. The molecule has 1 aliphatic rings. The number of nitrogens with zero attached hydrogens (tertiary/aromatic N) is 1. The number of halogens is 1. The van der Waals surface area contributed by atoms with Gasteiger partial charge in [0.25, 0.3) is 0 Å². The summed E-state index contributed by atoms with van der Waals surface area (Å²) in [4.78, 5) is 5.72. The van der Waals surface area contributed by atoms with Gasteiger partial charge in [-0.25, -0.2) is 4.99 Å². The molecule has 15 heavy (non-hydrogen) atoms. The van der Waals surface area contributed by atoms with E-state index in [1.807, 2.05) is 36.6 Å². The maximum Gasteiger partial charge on any atom is 0.0779 e. The summed E-state index contributed by atoms with van der Waals surface area (Å²) in [6, 6.07) is 8.07. The Morgan fingerprint density at radius 3 is 3.00 bits per heavy atom. The average Bonchev–Trinajstić information content (AvgIpc) is 2.23. The lowest BCUT2D eigenvalue weighted by Gasteiger charge is -2.09. The van der Waals surface area contributed by atoms with Crippen molar-refractivity contribution in [2.24, 2.45) is 4.99 Å². The molecule has 78 valence electrons. The topological polar surface area (TPSA) is 12.4 Å². The molecule has 0 spiro atoms. The molecule has 0 saturated heterocycles. The predicted octanol–water partition coefficient (Wildman–Crippen LogP) is 4.66. The molecule has 0 atom stereocenters. The lowest BCUT2D eigenvalue weighted by Crippen LogP contribution is -1.91. The number of rotatable bonds is 0. The third-order valence-corrected chi connectivity index (χ3v) is 4.03. The number of hydrogen-bond acceptors (Lipinski definition) is 3. The zero-order valence-electron chi connectivity index (χ0n) is 8.24. The quantitative estimate of drug-likeness (QED) is 0.669. The van der Waals surface area contributed by atoms with Crippen LogP contribution in [-0.4, -0.2) is 11.3 Å². The van der Waals surface area contributed by atoms with Gasteiger partial charge in [0.05, 0.1) is 15.1 Å². The standard InChI is InChI=1S/C11H10ClNS2/c1-14-11-7-6-10(12)15-9-5-3-2-4-8(9)13-11/h2-6H,7H2,1H3/b10-6-,13-11+. The van der Waals surface area contributed by atoms with Gasteiger partial charge in [0, 0.05) is 11.3 Å². The number of allylic oxidation sites excluding steroid dienone is 1. The normalized spacial score (nSPS) is 22.8. The van der Waals surface area contributed by atoms with Crippen LogP contribution in [0.2, 0.25) is 0 Å². The fourth-order valence-electron chi connectivity index (χ4n) is 1.26. The first-order chi connectivity index (χ1) is 7.29. The highest BCUT2D eigenvalue weighted by atomic mass is 35.5. The van der Waals surface area contributed by atoms with Crippen molar-refractivity contribution in [2.45, 2.75) is 11.3 Å². The molecule has 1 aromatic rings. The number of para-hydroxylation sites is 1. The molecule has 0 amide bonds. The highest BCUT2D eigenvalue weighted by Crippen LogP contribution is 2.38. The maximum atomic E-state index is 6.10. The Kier molecular flexibility index (Phi) is 3.78. The van der Waals surface area contributed by atoms with E-state index in [0.29, 0.717) is 0 Å². The van der Waals surface area contributed by atoms with E-state index in [0.717, 1.165) is 26.4 Å². The van der Waals surface area contributed by atoms with Crippen LogP contribution < -0.4 is 0 Å². The SMILES string of the molecule is CS/C1=N/c2ccccc2S/C(Cl)=C\C1. The number of thioether (sulfide) groups is 2. The van der Waals surface area contributed by atoms with Crippen LogP contribution in [0.25, 0.3) is 0 Å². The number of fused-ring (bicyclic) bond motifs is 1. The summed E-state index contributed by atoms with van der Waals surface area (Å²) in [5.74, 6) is 0. The summed E-state index contributed by atoms with van der Waals surface area (Å²) in [7, 11) is 0. The van der Waals surface area contributed by atoms with Crippen LogP contribution in [0.1, 0.15) is 6.42 Å². The van der Waals surface area contributed by atoms with Gasteiger partial charge in [-0.05, 0) is 18.4 Å². The highest BCUT2D eigenvalue weighted by Gasteiger charge is 2.08. The molecule has 0 N–H and O–H groups in total. The molecule has 0 fully saturated rings. The zero-order chi connectivity index (χ0) is 10.7. The first kappa shape index (κ1) is 11.1. The third kappa shape index (κ3) is 2.80. The van der Waals surface area contributed by atoms with Crippen molar-refractivity contribution < 1.29 is 0 Å². The van der Waals surface area contributed by atoms with E-state index in [1.165, 1.54) is 0 Å². The van der Waals surface area contributed by atoms with E-state index in [9.17, 15) is 0 Å². The Morgan fingerprint density at radius 2 is 2.20 bits per heavy atom. The van der Waals surface area contributed by atoms with Crippen LogP contribution in [0.3, 0.4) is 0 Å². The molecule has 2 rings (SSSR count). The van der Waals surface area contributed by atoms with Crippen molar-refractivity contribution in [2.75, 3.05) is 6.26 Å². The summed E-state index contributed by atoms with van der Waals surface area (Å²) < 4.78 is 0.823. The number of aliphatic imine (C=N–C) groups is 1. The second-order valence-electron chi connectivity index (χ2n) is 2.99. The fourth-order valence-corrected chi connectivity index (χ4v) is 2.77. The summed E-state index contributed by atoms with van der Waals surface area (Å²) in [5, 5.41) is 1.10. The van der Waals surface area contributed by atoms with Crippen molar-refractivity contribution in [1.82, 2.24) is 0 Å². The van der Waals surface area contributed by atoms with E-state index in [1.54, 1.807) is 23.5 Å². The van der Waals surface area contributed by atoms with Gasteiger partial charge in [0.15, 0.2) is 0 Å². The molecular weight excluding hydrogens is 246 g/mol. The second kappa shape index (κ2) is 5.10. The molecular formula is C11H10ClNS2. The largest absolute Gasteiger partial charge is 0.245 e. The summed E-state index contributed by atoms with van der Waals surface area (Å²) >= 11 is 9.34. The Hall–Kier alpha value is -0.380. The van der Waals surface area contributed by atoms with Crippen LogP contribution in [0.5, 0.6) is 0 Å². The van der Waals surface area contributed by atoms with E-state index in [4.69, 9.17) is 11.6 Å². The summed E-state index contributed by atoms with van der Waals surface area (Å²) in [6.07, 6.45) is 4.87. The monoisotopic (exact) mass is 255 g/mol. The van der Waals surface area contributed by atoms with Crippen molar-refractivity contribution in [3.63, 3.8) is 0 Å². The smallest absolute Gasteiger partial charge is 0.0779 e. The number of benzene rings is 1. The molecule has 1 aliphatic heterocycles. The molecule has 0 bridgehead atoms. The van der Waals surface area contributed by atoms with Crippen LogP contribution in [0.15, 0.2) is 44.6 Å². The van der Waals surface area contributed by atoms with Crippen LogP contribution in [-0.2, 0) is 0 Å². The third-order valence-electron chi connectivity index (χ3n) is 1.99. The molecule has 1 aromatic carbocycles. The van der Waals surface area contributed by atoms with Gasteiger partial charge < -0.3 is 0 Å². The van der Waals surface area contributed by atoms with E-state index in [-0.39, 0.29) is 0 Å². The molecule has 0 radical (unpaired) electrons. The van der Waals surface area contributed by atoms with Crippen molar-refractivity contribution >= 4 is 45.9 Å². The first-order valence-corrected chi connectivity index (χ1v) is 6.95. The van der Waals surface area contributed by atoms with Gasteiger partial charge in [-0.3, -0.25) is 0 Å². The Morgan fingerprint density at radius 1 is 1.40 bits per heavy atom. The predicted molar refractivity (Wildman–Crippen MR) is 71.5 cm³/mol. The molecule has 0 aliphatic carbocycles. The molecule has 1 heterocycles. The van der Waals surface area contributed by atoms with E-state index < -0.39 is 0 Å². The van der Waals surface area contributed by atoms with Crippen LogP contribution >= 0.6 is 35.1 Å². The van der Waals surface area contributed by atoms with E-state index in [2.05, 4.69) is 4.99 Å². The minimum Gasteiger partial charge on any atom is -0.245 e. The fraction of sp³-hybridized carbons (Fsp3) is 0.182. The van der Waals surface area contributed by atoms with Crippen LogP contribution in [0, 0.1) is 0 Å². The molecule has 0 unspecified atom stereocenters. The van der Waals surface area contributed by atoms with E-state index >= 15 is 0 Å². The van der Waals surface area contributed by atoms with Gasteiger partial charge in [-0.2, -0.15) is 0 Å². The van der Waals surface area contributed by atoms with Crippen molar-refractivity contribution in [1.29, 1.82) is 0 Å². The summed E-state index contributed by atoms with van der Waals surface area (Å²) in [6.45, 7) is 0. The lowest BCUT2D eigenvalue weighted by molar-refractivity contribution is 1.35. The Labute approximate surface area is 103 Å². The van der Waals surface area contributed by atoms with Gasteiger partial charge in [-0.1, -0.05) is 41.6 Å². The highest BCUT2D eigenvalue weighted by molar-refractivity contribution is 8.13. The van der Waals surface area contributed by atoms with Crippen molar-refractivity contribution in [3.05, 3.63) is 34.7 Å². The minimum atomic E-state index is 0.821. The lowest BCUT2D eigenvalue weighted by atomic mass is 10.3. The number of hydrogen-bond donors (Lipinski definition) is 0. The molecule has 0 saturated carbocycles. The molecule has 0 aromatic heterocycles. The van der Waals surface area contributed by atoms with Crippen molar-refractivity contribution in [3.8, 4) is 0 Å². The maximum absolute atomic E-state index is 6.10. The van der Waals surface area contributed by atoms with Crippen LogP contribution in [0.4, 0.5) is 5.69 Å². The Balaban J connectivity index is 2.47. The Bertz CT molecular complexity index is 426. The first-order valence-electron chi connectivity index (χ1n) is 4.53. The zero-order valence-corrected chi connectivity index (χ0v) is 10.6. The van der Waals surface area contributed by atoms with Gasteiger partial charge >= 0.3 is 0 Å². The second-order valence-corrected chi connectivity index (χ2v) is 5.59. The average molecular weight is 256 g/mol.